The first-order valence-electron chi connectivity index (χ1n) is 10.5. The van der Waals surface area contributed by atoms with Gasteiger partial charge >= 0.3 is 6.03 Å². The summed E-state index contributed by atoms with van der Waals surface area (Å²) in [7, 11) is 2.11. The Morgan fingerprint density at radius 1 is 1.17 bits per heavy atom. The predicted molar refractivity (Wildman–Crippen MR) is 117 cm³/mol. The second-order valence-corrected chi connectivity index (χ2v) is 7.60. The second-order valence-electron chi connectivity index (χ2n) is 7.60. The summed E-state index contributed by atoms with van der Waals surface area (Å²) >= 11 is 0. The Balaban J connectivity index is 1.39. The molecule has 1 heterocycles. The summed E-state index contributed by atoms with van der Waals surface area (Å²) in [4.78, 5) is 27.6. The smallest absolute Gasteiger partial charge is 0.315 e. The fourth-order valence-corrected chi connectivity index (χ4v) is 3.60. The highest BCUT2D eigenvalue weighted by atomic mass is 16.5. The number of rotatable bonds is 9. The molecule has 1 aliphatic rings. The average molecular weight is 412 g/mol. The molecule has 3 rings (SSSR count). The summed E-state index contributed by atoms with van der Waals surface area (Å²) in [6.07, 6.45) is 0.305. The van der Waals surface area contributed by atoms with Crippen LogP contribution in [0.1, 0.15) is 18.9 Å². The first-order valence-corrected chi connectivity index (χ1v) is 10.5. The topological polar surface area (TPSA) is 75.1 Å². The summed E-state index contributed by atoms with van der Waals surface area (Å²) in [5.41, 5.74) is 2.09. The van der Waals surface area contributed by atoms with Gasteiger partial charge in [0.2, 0.25) is 5.91 Å². The maximum atomic E-state index is 12.4. The Kier molecular flexibility index (Phi) is 7.68. The minimum Gasteiger partial charge on any atom is -0.494 e. The zero-order chi connectivity index (χ0) is 21.3. The molecule has 3 N–H and O–H groups in total. The second kappa shape index (κ2) is 10.6. The van der Waals surface area contributed by atoms with Crippen molar-refractivity contribution in [3.63, 3.8) is 0 Å². The van der Waals surface area contributed by atoms with E-state index in [2.05, 4.69) is 29.8 Å². The van der Waals surface area contributed by atoms with Crippen LogP contribution in [0.5, 0.6) is 5.75 Å². The molecular weight excluding hydrogens is 380 g/mol. The zero-order valence-corrected chi connectivity index (χ0v) is 17.7. The van der Waals surface area contributed by atoms with E-state index in [0.717, 1.165) is 24.5 Å². The van der Waals surface area contributed by atoms with Crippen LogP contribution in [0.3, 0.4) is 0 Å². The SMILES string of the molecule is CCOc1ccc(N2C[C@H](NC(=O)NCC[NH+](C)Cc3ccccc3)CC2=O)cc1. The van der Waals surface area contributed by atoms with Crippen molar-refractivity contribution in [1.29, 1.82) is 0 Å². The van der Waals surface area contributed by atoms with Crippen LogP contribution in [0.25, 0.3) is 0 Å². The molecular formula is C23H31N4O3+. The van der Waals surface area contributed by atoms with Crippen LogP contribution in [0.15, 0.2) is 54.6 Å². The molecule has 1 unspecified atom stereocenters. The van der Waals surface area contributed by atoms with E-state index in [1.54, 1.807) is 4.90 Å². The van der Waals surface area contributed by atoms with E-state index in [1.807, 2.05) is 49.4 Å². The monoisotopic (exact) mass is 411 g/mol. The maximum absolute atomic E-state index is 12.4. The Hall–Kier alpha value is -3.06. The van der Waals surface area contributed by atoms with Crippen LogP contribution in [-0.4, -0.2) is 51.3 Å². The lowest BCUT2D eigenvalue weighted by Gasteiger charge is -2.18. The van der Waals surface area contributed by atoms with Crippen molar-refractivity contribution in [2.45, 2.75) is 25.9 Å². The normalized spacial score (nSPS) is 16.9. The first-order chi connectivity index (χ1) is 14.5. The zero-order valence-electron chi connectivity index (χ0n) is 17.7. The van der Waals surface area contributed by atoms with E-state index in [4.69, 9.17) is 4.74 Å². The van der Waals surface area contributed by atoms with Gasteiger partial charge in [0.15, 0.2) is 0 Å². The fourth-order valence-electron chi connectivity index (χ4n) is 3.60. The van der Waals surface area contributed by atoms with Gasteiger partial charge in [0.25, 0.3) is 0 Å². The lowest BCUT2D eigenvalue weighted by atomic mass is 10.2. The van der Waals surface area contributed by atoms with Crippen LogP contribution in [-0.2, 0) is 11.3 Å². The van der Waals surface area contributed by atoms with Gasteiger partial charge in [-0.1, -0.05) is 30.3 Å². The van der Waals surface area contributed by atoms with E-state index in [0.29, 0.717) is 26.1 Å². The molecule has 160 valence electrons. The number of amides is 3. The molecule has 30 heavy (non-hydrogen) atoms. The van der Waals surface area contributed by atoms with E-state index < -0.39 is 0 Å². The third-order valence-corrected chi connectivity index (χ3v) is 5.11. The Morgan fingerprint density at radius 3 is 2.60 bits per heavy atom. The Labute approximate surface area is 178 Å². The molecule has 7 heteroatoms. The van der Waals surface area contributed by atoms with Crippen molar-refractivity contribution < 1.29 is 19.2 Å². The van der Waals surface area contributed by atoms with Crippen LogP contribution in [0.2, 0.25) is 0 Å². The van der Waals surface area contributed by atoms with Gasteiger partial charge in [-0.05, 0) is 31.2 Å². The van der Waals surface area contributed by atoms with Gasteiger partial charge in [-0.3, -0.25) is 4.79 Å². The average Bonchev–Trinajstić information content (AvgIpc) is 3.09. The maximum Gasteiger partial charge on any atom is 0.315 e. The van der Waals surface area contributed by atoms with Gasteiger partial charge in [0.05, 0.1) is 32.8 Å². The van der Waals surface area contributed by atoms with E-state index >= 15 is 0 Å². The van der Waals surface area contributed by atoms with Gasteiger partial charge in [0.1, 0.15) is 12.3 Å². The molecule has 2 atom stereocenters. The fraction of sp³-hybridized carbons (Fsp3) is 0.391. The number of hydrogen-bond donors (Lipinski definition) is 3. The van der Waals surface area contributed by atoms with E-state index in [9.17, 15) is 9.59 Å². The number of quaternary nitrogens is 1. The minimum atomic E-state index is -0.228. The highest BCUT2D eigenvalue weighted by Crippen LogP contribution is 2.24. The lowest BCUT2D eigenvalue weighted by Crippen LogP contribution is -3.08. The van der Waals surface area contributed by atoms with Crippen LogP contribution >= 0.6 is 0 Å². The number of carbonyl (C=O) groups is 2. The van der Waals surface area contributed by atoms with Crippen molar-refractivity contribution in [2.24, 2.45) is 0 Å². The molecule has 1 fully saturated rings. The lowest BCUT2D eigenvalue weighted by molar-refractivity contribution is -0.892. The summed E-state index contributed by atoms with van der Waals surface area (Å²) < 4.78 is 5.44. The first kappa shape index (κ1) is 21.6. The molecule has 3 amide bonds. The molecule has 0 bridgehead atoms. The van der Waals surface area contributed by atoms with Crippen molar-refractivity contribution in [3.8, 4) is 5.75 Å². The van der Waals surface area contributed by atoms with Gasteiger partial charge in [-0.15, -0.1) is 0 Å². The molecule has 0 saturated carbocycles. The number of likely N-dealkylation sites (N-methyl/N-ethyl adjacent to an activating group) is 1. The van der Waals surface area contributed by atoms with E-state index in [-0.39, 0.29) is 18.0 Å². The van der Waals surface area contributed by atoms with Crippen molar-refractivity contribution in [3.05, 3.63) is 60.2 Å². The standard InChI is InChI=1S/C23H30N4O3/c1-3-30-21-11-9-20(10-12-21)27-17-19(15-22(27)28)25-23(29)24-13-14-26(2)16-18-7-5-4-6-8-18/h4-12,19H,3,13-17H2,1-2H3,(H2,24,25,29)/p+1/t19-/m1/s1. The number of carbonyl (C=O) groups excluding carboxylic acids is 2. The van der Waals surface area contributed by atoms with Crippen LogP contribution in [0.4, 0.5) is 10.5 Å². The molecule has 7 nitrogen and oxygen atoms in total. The molecule has 0 aliphatic carbocycles. The third kappa shape index (κ3) is 6.22. The number of hydrogen-bond acceptors (Lipinski definition) is 3. The molecule has 0 radical (unpaired) electrons. The van der Waals surface area contributed by atoms with Crippen molar-refractivity contribution >= 4 is 17.6 Å². The molecule has 1 aliphatic heterocycles. The summed E-state index contributed by atoms with van der Waals surface area (Å²) in [5.74, 6) is 0.790. The quantitative estimate of drug-likeness (QED) is 0.581. The largest absolute Gasteiger partial charge is 0.494 e. The number of anilines is 1. The minimum absolute atomic E-state index is 0.0106. The molecule has 2 aromatic carbocycles. The third-order valence-electron chi connectivity index (χ3n) is 5.11. The number of benzene rings is 2. The van der Waals surface area contributed by atoms with Crippen LogP contribution in [0, 0.1) is 0 Å². The summed E-state index contributed by atoms with van der Waals surface area (Å²) in [5, 5.41) is 5.82. The number of nitrogens with one attached hydrogen (secondary N) is 3. The van der Waals surface area contributed by atoms with Crippen LogP contribution < -0.4 is 25.2 Å². The number of nitrogens with zero attached hydrogens (tertiary/aromatic N) is 1. The molecule has 1 saturated heterocycles. The summed E-state index contributed by atoms with van der Waals surface area (Å²) in [6, 6.07) is 17.3. The molecule has 2 aromatic rings. The van der Waals surface area contributed by atoms with Gasteiger partial charge in [-0.25, -0.2) is 4.79 Å². The van der Waals surface area contributed by atoms with Crippen molar-refractivity contribution in [1.82, 2.24) is 10.6 Å². The summed E-state index contributed by atoms with van der Waals surface area (Å²) in [6.45, 7) is 5.32. The molecule has 0 spiro atoms. The Morgan fingerprint density at radius 2 is 1.90 bits per heavy atom. The highest BCUT2D eigenvalue weighted by molar-refractivity contribution is 5.96. The van der Waals surface area contributed by atoms with Gasteiger partial charge in [-0.2, -0.15) is 0 Å². The Bertz CT molecular complexity index is 826. The number of ether oxygens (including phenoxy) is 1. The highest BCUT2D eigenvalue weighted by Gasteiger charge is 2.31. The van der Waals surface area contributed by atoms with Crippen molar-refractivity contribution in [2.75, 3.05) is 38.2 Å². The van der Waals surface area contributed by atoms with Gasteiger partial charge < -0.3 is 25.2 Å². The predicted octanol–water partition coefficient (Wildman–Crippen LogP) is 1.20. The van der Waals surface area contributed by atoms with Gasteiger partial charge in [0, 0.05) is 24.2 Å². The number of urea groups is 1. The molecule has 0 aromatic heterocycles. The van der Waals surface area contributed by atoms with E-state index in [1.165, 1.54) is 10.5 Å².